The normalized spacial score (nSPS) is 14.8. The van der Waals surface area contributed by atoms with Crippen molar-refractivity contribution in [2.45, 2.75) is 0 Å². The van der Waals surface area contributed by atoms with Gasteiger partial charge in [0.05, 0.1) is 16.7 Å². The number of carbonyl (C=O) groups is 4. The van der Waals surface area contributed by atoms with Gasteiger partial charge in [-0.1, -0.05) is 54.6 Å². The largest absolute Gasteiger partial charge is 0.288 e. The minimum Gasteiger partial charge on any atom is -0.288 e. The molecule has 0 fully saturated rings. The number of hydrogen-bond donors (Lipinski definition) is 2. The predicted molar refractivity (Wildman–Crippen MR) is 110 cm³/mol. The van der Waals surface area contributed by atoms with E-state index in [9.17, 15) is 19.2 Å². The van der Waals surface area contributed by atoms with E-state index in [-0.39, 0.29) is 16.7 Å². The Balaban J connectivity index is 1.90. The fourth-order valence-corrected chi connectivity index (χ4v) is 4.59. The molecule has 0 spiro atoms. The van der Waals surface area contributed by atoms with Gasteiger partial charge in [0.25, 0.3) is 23.6 Å². The van der Waals surface area contributed by atoms with Crippen LogP contribution in [0, 0.1) is 0 Å². The minimum atomic E-state index is -0.672. The third-order valence-electron chi connectivity index (χ3n) is 5.77. The van der Waals surface area contributed by atoms with Gasteiger partial charge in [0.15, 0.2) is 0 Å². The van der Waals surface area contributed by atoms with E-state index in [1.807, 2.05) is 42.5 Å². The summed E-state index contributed by atoms with van der Waals surface area (Å²) in [6, 6.07) is 18.6. The summed E-state index contributed by atoms with van der Waals surface area (Å²) < 4.78 is 0. The highest BCUT2D eigenvalue weighted by atomic mass is 16.2. The summed E-state index contributed by atoms with van der Waals surface area (Å²) in [6.07, 6.45) is 0. The molecule has 6 nitrogen and oxygen atoms in total. The van der Waals surface area contributed by atoms with Crippen LogP contribution in [-0.4, -0.2) is 23.6 Å². The predicted octanol–water partition coefficient (Wildman–Crippen LogP) is 3.43. The zero-order valence-electron chi connectivity index (χ0n) is 15.4. The number of benzene rings is 4. The van der Waals surface area contributed by atoms with E-state index in [1.54, 1.807) is 18.2 Å². The Morgan fingerprint density at radius 1 is 0.467 bits per heavy atom. The summed E-state index contributed by atoms with van der Waals surface area (Å²) >= 11 is 0. The average molecular weight is 392 g/mol. The van der Waals surface area contributed by atoms with Crippen molar-refractivity contribution < 1.29 is 19.2 Å². The zero-order chi connectivity index (χ0) is 20.6. The highest BCUT2D eigenvalue weighted by Crippen LogP contribution is 2.43. The van der Waals surface area contributed by atoms with Gasteiger partial charge in [-0.3, -0.25) is 29.8 Å². The minimum absolute atomic E-state index is 0.0212. The van der Waals surface area contributed by atoms with Crippen LogP contribution in [0.3, 0.4) is 0 Å². The van der Waals surface area contributed by atoms with E-state index in [0.29, 0.717) is 21.9 Å². The van der Waals surface area contributed by atoms with Gasteiger partial charge in [0, 0.05) is 16.5 Å². The van der Waals surface area contributed by atoms with Gasteiger partial charge in [-0.2, -0.15) is 0 Å². The quantitative estimate of drug-likeness (QED) is 0.486. The number of carbonyl (C=O) groups excluding carboxylic acids is 4. The second-order valence-corrected chi connectivity index (χ2v) is 7.32. The molecule has 4 aromatic carbocycles. The third kappa shape index (κ3) is 1.97. The summed E-state index contributed by atoms with van der Waals surface area (Å²) in [5.41, 5.74) is 1.87. The highest BCUT2D eigenvalue weighted by molar-refractivity contribution is 6.37. The second kappa shape index (κ2) is 5.61. The smallest absolute Gasteiger partial charge is 0.259 e. The lowest BCUT2D eigenvalue weighted by Gasteiger charge is -2.22. The highest BCUT2D eigenvalue weighted by Gasteiger charge is 2.40. The van der Waals surface area contributed by atoms with Crippen LogP contribution in [-0.2, 0) is 0 Å². The molecule has 0 bridgehead atoms. The first-order valence-electron chi connectivity index (χ1n) is 9.38. The molecular weight excluding hydrogens is 380 g/mol. The molecule has 0 atom stereocenters. The molecule has 2 heterocycles. The molecule has 0 saturated heterocycles. The van der Waals surface area contributed by atoms with Gasteiger partial charge in [0.2, 0.25) is 0 Å². The molecular formula is C24H12N2O4. The molecule has 4 aromatic rings. The van der Waals surface area contributed by atoms with Crippen molar-refractivity contribution in [1.29, 1.82) is 0 Å². The van der Waals surface area contributed by atoms with E-state index < -0.39 is 23.6 Å². The van der Waals surface area contributed by atoms with Crippen LogP contribution >= 0.6 is 0 Å². The Morgan fingerprint density at radius 3 is 1.87 bits per heavy atom. The molecule has 0 radical (unpaired) electrons. The van der Waals surface area contributed by atoms with Crippen LogP contribution in [0.25, 0.3) is 32.7 Å². The van der Waals surface area contributed by atoms with Crippen LogP contribution in [0.2, 0.25) is 0 Å². The Kier molecular flexibility index (Phi) is 3.11. The number of hydrogen-bond acceptors (Lipinski definition) is 4. The van der Waals surface area contributed by atoms with Crippen LogP contribution in [0.1, 0.15) is 41.4 Å². The van der Waals surface area contributed by atoms with Gasteiger partial charge >= 0.3 is 0 Å². The molecule has 0 aliphatic carbocycles. The van der Waals surface area contributed by atoms with E-state index in [2.05, 4.69) is 10.6 Å². The standard InChI is InChI=1S/C24H12N2O4/c27-21-15-10-4-9-14-16(13-8-3-6-11-5-1-2-7-12(11)13)18-20(24(30)26-23(18)29)19(17(14)15)22(28)25-21/h1-10H,(H,25,27,28)(H,26,29,30). The molecule has 0 aromatic heterocycles. The monoisotopic (exact) mass is 392 g/mol. The molecule has 2 N–H and O–H groups in total. The van der Waals surface area contributed by atoms with Crippen molar-refractivity contribution in [3.63, 3.8) is 0 Å². The average Bonchev–Trinajstić information content (AvgIpc) is 3.04. The Bertz CT molecular complexity index is 1510. The summed E-state index contributed by atoms with van der Waals surface area (Å²) in [6.45, 7) is 0. The number of amides is 4. The fourth-order valence-electron chi connectivity index (χ4n) is 4.59. The Labute approximate surface area is 169 Å². The van der Waals surface area contributed by atoms with Crippen LogP contribution in [0.5, 0.6) is 0 Å². The molecule has 4 amide bonds. The Morgan fingerprint density at radius 2 is 1.03 bits per heavy atom. The first kappa shape index (κ1) is 16.6. The van der Waals surface area contributed by atoms with Crippen LogP contribution in [0.4, 0.5) is 0 Å². The first-order chi connectivity index (χ1) is 14.6. The maximum absolute atomic E-state index is 12.9. The SMILES string of the molecule is O=C1NC(=O)c2c1c(-c1cccc3ccccc13)c1cccc3c1c2C(=O)NC3=O. The lowest BCUT2D eigenvalue weighted by Crippen LogP contribution is -2.36. The molecule has 2 aliphatic heterocycles. The fraction of sp³-hybridized carbons (Fsp3) is 0. The maximum atomic E-state index is 12.9. The van der Waals surface area contributed by atoms with Crippen molar-refractivity contribution in [1.82, 2.24) is 10.6 Å². The molecule has 2 aliphatic rings. The van der Waals surface area contributed by atoms with Crippen LogP contribution in [0.15, 0.2) is 60.7 Å². The maximum Gasteiger partial charge on any atom is 0.259 e. The molecule has 0 saturated carbocycles. The van der Waals surface area contributed by atoms with Gasteiger partial charge in [0.1, 0.15) is 0 Å². The summed E-state index contributed by atoms with van der Waals surface area (Å²) in [7, 11) is 0. The molecule has 30 heavy (non-hydrogen) atoms. The number of nitrogens with one attached hydrogen (secondary N) is 2. The van der Waals surface area contributed by atoms with Crippen molar-refractivity contribution in [2.24, 2.45) is 0 Å². The number of fused-ring (bicyclic) bond motifs is 3. The summed E-state index contributed by atoms with van der Waals surface area (Å²) in [4.78, 5) is 50.8. The van der Waals surface area contributed by atoms with E-state index in [0.717, 1.165) is 16.3 Å². The summed E-state index contributed by atoms with van der Waals surface area (Å²) in [5, 5.41) is 7.47. The van der Waals surface area contributed by atoms with Crippen molar-refractivity contribution >= 4 is 45.2 Å². The van der Waals surface area contributed by atoms with E-state index >= 15 is 0 Å². The van der Waals surface area contributed by atoms with Crippen molar-refractivity contribution in [3.8, 4) is 11.1 Å². The zero-order valence-corrected chi connectivity index (χ0v) is 15.4. The lowest BCUT2D eigenvalue weighted by atomic mass is 9.82. The lowest BCUT2D eigenvalue weighted by molar-refractivity contribution is 0.0828. The number of rotatable bonds is 1. The summed E-state index contributed by atoms with van der Waals surface area (Å²) in [5.74, 6) is -2.38. The molecule has 6 heteroatoms. The van der Waals surface area contributed by atoms with Crippen molar-refractivity contribution in [2.75, 3.05) is 0 Å². The van der Waals surface area contributed by atoms with Crippen molar-refractivity contribution in [3.05, 3.63) is 82.9 Å². The topological polar surface area (TPSA) is 92.3 Å². The molecule has 6 rings (SSSR count). The number of imide groups is 2. The molecule has 0 unspecified atom stereocenters. The van der Waals surface area contributed by atoms with E-state index in [1.165, 1.54) is 0 Å². The first-order valence-corrected chi connectivity index (χ1v) is 9.38. The third-order valence-corrected chi connectivity index (χ3v) is 5.77. The second-order valence-electron chi connectivity index (χ2n) is 7.32. The van der Waals surface area contributed by atoms with Gasteiger partial charge < -0.3 is 0 Å². The Hall–Kier alpha value is -4.32. The van der Waals surface area contributed by atoms with Gasteiger partial charge in [-0.05, 0) is 27.8 Å². The van der Waals surface area contributed by atoms with E-state index in [4.69, 9.17) is 0 Å². The van der Waals surface area contributed by atoms with Crippen LogP contribution < -0.4 is 10.6 Å². The van der Waals surface area contributed by atoms with Gasteiger partial charge in [-0.15, -0.1) is 0 Å². The van der Waals surface area contributed by atoms with Gasteiger partial charge in [-0.25, -0.2) is 0 Å². The molecule has 142 valence electrons.